The van der Waals surface area contributed by atoms with Crippen molar-refractivity contribution in [3.05, 3.63) is 83.1 Å². The average molecular weight is 594 g/mol. The van der Waals surface area contributed by atoms with E-state index in [1.54, 1.807) is 12.1 Å². The summed E-state index contributed by atoms with van der Waals surface area (Å²) in [4.78, 5) is 31.7. The van der Waals surface area contributed by atoms with Crippen molar-refractivity contribution in [2.45, 2.75) is 6.42 Å². The molecule has 1 saturated heterocycles. The molecular weight excluding hydrogens is 565 g/mol. The number of hydrogen-bond acceptors (Lipinski definition) is 8. The fraction of sp³-hybridized carbons (Fsp3) is 0.241. The predicted octanol–water partition coefficient (Wildman–Crippen LogP) is 4.35. The number of hydrogen-bond donors (Lipinski definition) is 3. The van der Waals surface area contributed by atoms with Gasteiger partial charge in [-0.05, 0) is 47.4 Å². The zero-order valence-electron chi connectivity index (χ0n) is 22.0. The van der Waals surface area contributed by atoms with Crippen LogP contribution in [0.15, 0.2) is 66.0 Å². The van der Waals surface area contributed by atoms with Gasteiger partial charge in [0.05, 0.1) is 25.0 Å². The first kappa shape index (κ1) is 28.6. The van der Waals surface area contributed by atoms with Gasteiger partial charge in [0.2, 0.25) is 11.8 Å². The van der Waals surface area contributed by atoms with Crippen molar-refractivity contribution in [3.8, 4) is 11.6 Å². The lowest BCUT2D eigenvalue weighted by Gasteiger charge is -2.26. The number of amides is 2. The SMILES string of the molecule is O=C(Cc1ccccc1)NC(=S)Nc1ccc(Oc2nc(C(=O)NCCN3CCOCC3)cc3sccc23)c(F)c1. The summed E-state index contributed by atoms with van der Waals surface area (Å²) in [6.07, 6.45) is 0.165. The Labute approximate surface area is 245 Å². The molecule has 0 spiro atoms. The van der Waals surface area contributed by atoms with Crippen LogP contribution in [0, 0.1) is 5.82 Å². The van der Waals surface area contributed by atoms with E-state index in [-0.39, 0.29) is 40.7 Å². The third kappa shape index (κ3) is 7.82. The largest absolute Gasteiger partial charge is 0.435 e. The number of carbonyl (C=O) groups is 2. The highest BCUT2D eigenvalue weighted by Gasteiger charge is 2.17. The Kier molecular flexibility index (Phi) is 9.47. The van der Waals surface area contributed by atoms with Gasteiger partial charge in [-0.25, -0.2) is 9.37 Å². The number of morpholine rings is 1. The lowest BCUT2D eigenvalue weighted by molar-refractivity contribution is -0.119. The van der Waals surface area contributed by atoms with Crippen molar-refractivity contribution < 1.29 is 23.5 Å². The highest BCUT2D eigenvalue weighted by atomic mass is 32.1. The number of anilines is 1. The average Bonchev–Trinajstić information content (AvgIpc) is 3.44. The molecule has 0 aliphatic carbocycles. The van der Waals surface area contributed by atoms with Crippen LogP contribution in [0.4, 0.5) is 10.1 Å². The lowest BCUT2D eigenvalue weighted by atomic mass is 10.1. The molecule has 9 nitrogen and oxygen atoms in total. The molecule has 4 aromatic rings. The molecule has 212 valence electrons. The summed E-state index contributed by atoms with van der Waals surface area (Å²) in [6, 6.07) is 17.0. The molecule has 1 aliphatic rings. The monoisotopic (exact) mass is 593 g/mol. The fourth-order valence-corrected chi connectivity index (χ4v) is 5.30. The van der Waals surface area contributed by atoms with E-state index >= 15 is 4.39 Å². The number of rotatable bonds is 9. The molecule has 1 fully saturated rings. The Bertz CT molecular complexity index is 1540. The first-order valence-corrected chi connectivity index (χ1v) is 14.3. The molecular formula is C29H28FN5O4S2. The van der Waals surface area contributed by atoms with E-state index in [1.807, 2.05) is 41.8 Å². The summed E-state index contributed by atoms with van der Waals surface area (Å²) < 4.78 is 27.0. The minimum absolute atomic E-state index is 0.0491. The van der Waals surface area contributed by atoms with E-state index in [1.165, 1.54) is 23.5 Å². The van der Waals surface area contributed by atoms with Gasteiger partial charge in [-0.3, -0.25) is 14.5 Å². The molecule has 2 aromatic carbocycles. The van der Waals surface area contributed by atoms with Crippen molar-refractivity contribution in [3.63, 3.8) is 0 Å². The molecule has 0 bridgehead atoms. The third-order valence-electron chi connectivity index (χ3n) is 6.32. The fourth-order valence-electron chi connectivity index (χ4n) is 4.25. The second kappa shape index (κ2) is 13.6. The Hall–Kier alpha value is -3.97. The number of thiocarbonyl (C=S) groups is 1. The summed E-state index contributed by atoms with van der Waals surface area (Å²) in [5.74, 6) is -1.23. The first-order valence-electron chi connectivity index (χ1n) is 13.0. The van der Waals surface area contributed by atoms with Crippen molar-refractivity contribution in [1.29, 1.82) is 0 Å². The minimum Gasteiger partial charge on any atom is -0.435 e. The molecule has 3 N–H and O–H groups in total. The Morgan fingerprint density at radius 2 is 1.90 bits per heavy atom. The van der Waals surface area contributed by atoms with Crippen LogP contribution in [0.2, 0.25) is 0 Å². The van der Waals surface area contributed by atoms with Crippen molar-refractivity contribution in [2.75, 3.05) is 44.7 Å². The quantitative estimate of drug-likeness (QED) is 0.246. The van der Waals surface area contributed by atoms with Crippen LogP contribution < -0.4 is 20.7 Å². The first-order chi connectivity index (χ1) is 19.9. The zero-order valence-corrected chi connectivity index (χ0v) is 23.7. The smallest absolute Gasteiger partial charge is 0.270 e. The Morgan fingerprint density at radius 1 is 1.10 bits per heavy atom. The van der Waals surface area contributed by atoms with Gasteiger partial charge in [0, 0.05) is 42.6 Å². The summed E-state index contributed by atoms with van der Waals surface area (Å²) in [7, 11) is 0. The van der Waals surface area contributed by atoms with E-state index in [2.05, 4.69) is 25.8 Å². The Morgan fingerprint density at radius 3 is 2.68 bits per heavy atom. The predicted molar refractivity (Wildman–Crippen MR) is 160 cm³/mol. The number of nitrogens with zero attached hydrogens (tertiary/aromatic N) is 2. The second-order valence-electron chi connectivity index (χ2n) is 9.27. The molecule has 41 heavy (non-hydrogen) atoms. The van der Waals surface area contributed by atoms with Crippen molar-refractivity contribution in [1.82, 2.24) is 20.5 Å². The lowest BCUT2D eigenvalue weighted by Crippen LogP contribution is -2.41. The highest BCUT2D eigenvalue weighted by Crippen LogP contribution is 2.33. The summed E-state index contributed by atoms with van der Waals surface area (Å²) >= 11 is 6.64. The molecule has 0 saturated carbocycles. The maximum absolute atomic E-state index is 15.1. The maximum atomic E-state index is 15.1. The van der Waals surface area contributed by atoms with Gasteiger partial charge < -0.3 is 25.4 Å². The van der Waals surface area contributed by atoms with Gasteiger partial charge >= 0.3 is 0 Å². The van der Waals surface area contributed by atoms with E-state index in [9.17, 15) is 9.59 Å². The molecule has 3 heterocycles. The standard InChI is InChI=1S/C29H28FN5O4S2/c30-22-17-20(32-29(40)34-26(36)16-19-4-2-1-3-5-19)6-7-24(22)39-28-21-8-15-41-25(21)18-23(33-28)27(37)31-9-10-35-11-13-38-14-12-35/h1-8,15,17-18H,9-14,16H2,(H,31,37)(H2,32,34,36,40). The van der Waals surface area contributed by atoms with E-state index < -0.39 is 5.82 Å². The van der Waals surface area contributed by atoms with Gasteiger partial charge in [-0.1, -0.05) is 30.3 Å². The van der Waals surface area contributed by atoms with Gasteiger partial charge in [0.15, 0.2) is 16.7 Å². The second-order valence-corrected chi connectivity index (χ2v) is 10.6. The summed E-state index contributed by atoms with van der Waals surface area (Å²) in [5, 5.41) is 10.9. The third-order valence-corrected chi connectivity index (χ3v) is 7.39. The van der Waals surface area contributed by atoms with Crippen LogP contribution >= 0.6 is 23.6 Å². The number of benzene rings is 2. The number of aromatic nitrogens is 1. The maximum Gasteiger partial charge on any atom is 0.270 e. The van der Waals surface area contributed by atoms with E-state index in [4.69, 9.17) is 21.7 Å². The molecule has 5 rings (SSSR count). The van der Waals surface area contributed by atoms with Crippen LogP contribution in [0.3, 0.4) is 0 Å². The zero-order chi connectivity index (χ0) is 28.6. The van der Waals surface area contributed by atoms with Crippen LogP contribution in [-0.2, 0) is 16.0 Å². The van der Waals surface area contributed by atoms with Crippen molar-refractivity contribution in [2.24, 2.45) is 0 Å². The number of nitrogens with one attached hydrogen (secondary N) is 3. The number of carbonyl (C=O) groups excluding carboxylic acids is 2. The highest BCUT2D eigenvalue weighted by molar-refractivity contribution is 7.80. The minimum atomic E-state index is -0.668. The van der Waals surface area contributed by atoms with Gasteiger partial charge in [0.1, 0.15) is 5.69 Å². The molecule has 2 aromatic heterocycles. The van der Waals surface area contributed by atoms with Gasteiger partial charge in [-0.15, -0.1) is 11.3 Å². The Balaban J connectivity index is 1.21. The number of pyridine rings is 1. The number of ether oxygens (including phenoxy) is 2. The van der Waals surface area contributed by atoms with Crippen LogP contribution in [0.5, 0.6) is 11.6 Å². The normalized spacial score (nSPS) is 13.5. The summed E-state index contributed by atoms with van der Waals surface area (Å²) in [6.45, 7) is 4.24. The molecule has 12 heteroatoms. The molecule has 2 amide bonds. The number of fused-ring (bicyclic) bond motifs is 1. The number of halogens is 1. The van der Waals surface area contributed by atoms with E-state index in [0.717, 1.165) is 23.4 Å². The van der Waals surface area contributed by atoms with Gasteiger partial charge in [0.25, 0.3) is 5.91 Å². The molecule has 0 atom stereocenters. The molecule has 1 aliphatic heterocycles. The van der Waals surface area contributed by atoms with Crippen molar-refractivity contribution >= 4 is 56.3 Å². The van der Waals surface area contributed by atoms with Crippen LogP contribution in [0.1, 0.15) is 16.1 Å². The van der Waals surface area contributed by atoms with E-state index in [0.29, 0.717) is 37.4 Å². The molecule has 0 radical (unpaired) electrons. The van der Waals surface area contributed by atoms with Crippen LogP contribution in [-0.4, -0.2) is 66.2 Å². The number of thiophene rings is 1. The topological polar surface area (TPSA) is 105 Å². The summed E-state index contributed by atoms with van der Waals surface area (Å²) in [5.41, 5.74) is 1.37. The van der Waals surface area contributed by atoms with Gasteiger partial charge in [-0.2, -0.15) is 0 Å². The van der Waals surface area contributed by atoms with Crippen LogP contribution in [0.25, 0.3) is 10.1 Å². The molecule has 0 unspecified atom stereocenters.